The third kappa shape index (κ3) is 4.68. The van der Waals surface area contributed by atoms with Crippen LogP contribution in [0.2, 0.25) is 0 Å². The summed E-state index contributed by atoms with van der Waals surface area (Å²) in [5.41, 5.74) is 0. The Kier molecular flexibility index (Phi) is 6.05. The summed E-state index contributed by atoms with van der Waals surface area (Å²) < 4.78 is 25.4. The summed E-state index contributed by atoms with van der Waals surface area (Å²) in [6.45, 7) is 2.57. The molecule has 1 atom stereocenters. The van der Waals surface area contributed by atoms with E-state index in [1.165, 1.54) is 30.0 Å². The van der Waals surface area contributed by atoms with Crippen LogP contribution in [0.25, 0.3) is 0 Å². The van der Waals surface area contributed by atoms with E-state index >= 15 is 0 Å². The topological polar surface area (TPSA) is 66.5 Å². The molecule has 2 fully saturated rings. The zero-order valence-electron chi connectivity index (χ0n) is 13.0. The predicted molar refractivity (Wildman–Crippen MR) is 83.4 cm³/mol. The summed E-state index contributed by atoms with van der Waals surface area (Å²) >= 11 is 0. The molecule has 1 N–H and O–H groups in total. The van der Waals surface area contributed by atoms with Gasteiger partial charge in [0.05, 0.1) is 11.7 Å². The molecule has 21 heavy (non-hydrogen) atoms. The first kappa shape index (κ1) is 16.7. The summed E-state index contributed by atoms with van der Waals surface area (Å²) in [4.78, 5) is 12.4. The van der Waals surface area contributed by atoms with Crippen LogP contribution >= 0.6 is 0 Å². The second-order valence-corrected chi connectivity index (χ2v) is 8.55. The molecule has 1 amide bonds. The monoisotopic (exact) mass is 316 g/mol. The number of rotatable bonds is 4. The average molecular weight is 316 g/mol. The highest BCUT2D eigenvalue weighted by Crippen LogP contribution is 2.22. The molecule has 1 heterocycles. The van der Waals surface area contributed by atoms with Crippen LogP contribution < -0.4 is 5.32 Å². The lowest BCUT2D eigenvalue weighted by Gasteiger charge is -2.31. The second-order valence-electron chi connectivity index (χ2n) is 6.29. The molecule has 0 spiro atoms. The minimum Gasteiger partial charge on any atom is -0.353 e. The minimum atomic E-state index is -3.17. The highest BCUT2D eigenvalue weighted by Gasteiger charge is 2.32. The van der Waals surface area contributed by atoms with Gasteiger partial charge in [-0.25, -0.2) is 12.7 Å². The number of sulfonamides is 1. The van der Waals surface area contributed by atoms with E-state index in [1.54, 1.807) is 6.92 Å². The summed E-state index contributed by atoms with van der Waals surface area (Å²) in [6, 6.07) is 0.290. The van der Waals surface area contributed by atoms with Crippen LogP contribution in [-0.4, -0.2) is 43.5 Å². The van der Waals surface area contributed by atoms with Gasteiger partial charge in [0.1, 0.15) is 0 Å². The van der Waals surface area contributed by atoms with Crippen LogP contribution in [0.3, 0.4) is 0 Å². The standard InChI is InChI=1S/C15H28N2O3S/c1-2-21(19,20)17-11-7-8-13(12-17)15(18)16-14-9-5-3-4-6-10-14/h13-14H,2-12H2,1H3,(H,16,18). The van der Waals surface area contributed by atoms with E-state index in [0.717, 1.165) is 25.7 Å². The first-order chi connectivity index (χ1) is 10.0. The molecule has 1 unspecified atom stereocenters. The van der Waals surface area contributed by atoms with Crippen molar-refractivity contribution in [3.8, 4) is 0 Å². The maximum atomic E-state index is 12.4. The maximum absolute atomic E-state index is 12.4. The second kappa shape index (κ2) is 7.58. The van der Waals surface area contributed by atoms with Gasteiger partial charge in [0.15, 0.2) is 0 Å². The van der Waals surface area contributed by atoms with Gasteiger partial charge in [-0.2, -0.15) is 0 Å². The first-order valence-electron chi connectivity index (χ1n) is 8.31. The molecular weight excluding hydrogens is 288 g/mol. The smallest absolute Gasteiger partial charge is 0.224 e. The van der Waals surface area contributed by atoms with Crippen molar-refractivity contribution in [2.24, 2.45) is 5.92 Å². The zero-order valence-corrected chi connectivity index (χ0v) is 13.8. The van der Waals surface area contributed by atoms with Gasteiger partial charge < -0.3 is 5.32 Å². The summed E-state index contributed by atoms with van der Waals surface area (Å²) in [6.07, 6.45) is 8.61. The fourth-order valence-corrected chi connectivity index (χ4v) is 4.51. The fraction of sp³-hybridized carbons (Fsp3) is 0.933. The van der Waals surface area contributed by atoms with Crippen molar-refractivity contribution >= 4 is 15.9 Å². The van der Waals surface area contributed by atoms with E-state index in [4.69, 9.17) is 0 Å². The molecule has 0 radical (unpaired) electrons. The van der Waals surface area contributed by atoms with Crippen LogP contribution in [0, 0.1) is 5.92 Å². The third-order valence-corrected chi connectivity index (χ3v) is 6.56. The lowest BCUT2D eigenvalue weighted by Crippen LogP contribution is -2.47. The molecular formula is C15H28N2O3S. The molecule has 0 aromatic carbocycles. The predicted octanol–water partition coefficient (Wildman–Crippen LogP) is 1.89. The van der Waals surface area contributed by atoms with Gasteiger partial charge in [0, 0.05) is 19.1 Å². The van der Waals surface area contributed by atoms with Crippen LogP contribution in [0.1, 0.15) is 58.3 Å². The molecule has 0 aromatic heterocycles. The largest absolute Gasteiger partial charge is 0.353 e. The number of piperidine rings is 1. The fourth-order valence-electron chi connectivity index (χ4n) is 3.33. The third-order valence-electron chi connectivity index (χ3n) is 4.71. The van der Waals surface area contributed by atoms with E-state index in [2.05, 4.69) is 5.32 Å². The van der Waals surface area contributed by atoms with Crippen molar-refractivity contribution in [1.82, 2.24) is 9.62 Å². The van der Waals surface area contributed by atoms with Gasteiger partial charge in [0.25, 0.3) is 0 Å². The van der Waals surface area contributed by atoms with Gasteiger partial charge in [-0.1, -0.05) is 25.7 Å². The molecule has 1 saturated heterocycles. The van der Waals surface area contributed by atoms with Gasteiger partial charge in [-0.3, -0.25) is 4.79 Å². The number of hydrogen-bond acceptors (Lipinski definition) is 3. The Morgan fingerprint density at radius 3 is 2.38 bits per heavy atom. The average Bonchev–Trinajstić information content (AvgIpc) is 2.76. The molecule has 2 rings (SSSR count). The molecule has 0 aromatic rings. The number of amides is 1. The first-order valence-corrected chi connectivity index (χ1v) is 9.92. The summed E-state index contributed by atoms with van der Waals surface area (Å²) in [5.74, 6) is -0.00882. The van der Waals surface area contributed by atoms with E-state index in [0.29, 0.717) is 13.1 Å². The van der Waals surface area contributed by atoms with Crippen LogP contribution in [0.5, 0.6) is 0 Å². The van der Waals surface area contributed by atoms with Gasteiger partial charge >= 0.3 is 0 Å². The van der Waals surface area contributed by atoms with E-state index < -0.39 is 10.0 Å². The number of carbonyl (C=O) groups is 1. The quantitative estimate of drug-likeness (QED) is 0.805. The number of carbonyl (C=O) groups excluding carboxylic acids is 1. The Labute approximate surface area is 128 Å². The number of nitrogens with zero attached hydrogens (tertiary/aromatic N) is 1. The van der Waals surface area contributed by atoms with Gasteiger partial charge in [-0.05, 0) is 32.6 Å². The van der Waals surface area contributed by atoms with Crippen molar-refractivity contribution < 1.29 is 13.2 Å². The highest BCUT2D eigenvalue weighted by molar-refractivity contribution is 7.89. The van der Waals surface area contributed by atoms with Crippen LogP contribution in [0.15, 0.2) is 0 Å². The Morgan fingerprint density at radius 1 is 1.10 bits per heavy atom. The molecule has 6 heteroatoms. The summed E-state index contributed by atoms with van der Waals surface area (Å²) in [5, 5.41) is 3.16. The van der Waals surface area contributed by atoms with Crippen molar-refractivity contribution in [1.29, 1.82) is 0 Å². The molecule has 0 bridgehead atoms. The Morgan fingerprint density at radius 2 is 1.76 bits per heavy atom. The lowest BCUT2D eigenvalue weighted by molar-refractivity contribution is -0.126. The Bertz CT molecular complexity index is 442. The number of nitrogens with one attached hydrogen (secondary N) is 1. The van der Waals surface area contributed by atoms with Crippen LogP contribution in [-0.2, 0) is 14.8 Å². The minimum absolute atomic E-state index is 0.0536. The SMILES string of the molecule is CCS(=O)(=O)N1CCCC(C(=O)NC2CCCCCC2)C1. The van der Waals surface area contributed by atoms with Crippen molar-refractivity contribution in [2.75, 3.05) is 18.8 Å². The zero-order chi connectivity index (χ0) is 15.3. The van der Waals surface area contributed by atoms with Gasteiger partial charge in [-0.15, -0.1) is 0 Å². The van der Waals surface area contributed by atoms with Crippen molar-refractivity contribution in [2.45, 2.75) is 64.3 Å². The Balaban J connectivity index is 1.89. The normalized spacial score (nSPS) is 26.2. The van der Waals surface area contributed by atoms with Crippen molar-refractivity contribution in [3.05, 3.63) is 0 Å². The maximum Gasteiger partial charge on any atom is 0.224 e. The highest BCUT2D eigenvalue weighted by atomic mass is 32.2. The molecule has 122 valence electrons. The van der Waals surface area contributed by atoms with Gasteiger partial charge in [0.2, 0.25) is 15.9 Å². The number of hydrogen-bond donors (Lipinski definition) is 1. The van der Waals surface area contributed by atoms with Crippen molar-refractivity contribution in [3.63, 3.8) is 0 Å². The van der Waals surface area contributed by atoms with E-state index in [9.17, 15) is 13.2 Å². The molecule has 2 aliphatic rings. The molecule has 1 saturated carbocycles. The molecule has 5 nitrogen and oxygen atoms in total. The lowest BCUT2D eigenvalue weighted by atomic mass is 9.97. The molecule has 1 aliphatic heterocycles. The van der Waals surface area contributed by atoms with E-state index in [1.807, 2.05) is 0 Å². The Hall–Kier alpha value is -0.620. The summed E-state index contributed by atoms with van der Waals surface area (Å²) in [7, 11) is -3.17. The molecule has 1 aliphatic carbocycles. The van der Waals surface area contributed by atoms with E-state index in [-0.39, 0.29) is 23.6 Å². The van der Waals surface area contributed by atoms with Crippen LogP contribution in [0.4, 0.5) is 0 Å².